The Morgan fingerprint density at radius 1 is 0.383 bits per heavy atom. The first-order chi connectivity index (χ1) is 19.5. The van der Waals surface area contributed by atoms with Crippen LogP contribution in [0.1, 0.15) is 6.92 Å². The van der Waals surface area contributed by atoms with E-state index in [4.69, 9.17) is 10.2 Å². The van der Waals surface area contributed by atoms with Gasteiger partial charge in [0.25, 0.3) is 18.6 Å². The minimum atomic E-state index is -9.59. The van der Waals surface area contributed by atoms with E-state index in [-0.39, 0.29) is 19.5 Å². The number of aliphatic hydroxyl groups excluding tert-OH is 1. The van der Waals surface area contributed by atoms with Crippen LogP contribution in [0.15, 0.2) is 0 Å². The van der Waals surface area contributed by atoms with E-state index in [0.717, 1.165) is 7.11 Å². The largest absolute Gasteiger partial charge is 0.428 e. The first kappa shape index (κ1) is 50.0. The number of hydrogen-bond donors (Lipinski definition) is 2. The monoisotopic (exact) mass is 863 g/mol. The maximum absolute atomic E-state index is 13.7. The third-order valence-corrected chi connectivity index (χ3v) is 4.67. The van der Waals surface area contributed by atoms with Gasteiger partial charge in [-0.15, -0.1) is 0 Å². The summed E-state index contributed by atoms with van der Waals surface area (Å²) in [5.41, 5.74) is 0. The van der Waals surface area contributed by atoms with Gasteiger partial charge >= 0.3 is 65.7 Å². The van der Waals surface area contributed by atoms with Crippen LogP contribution in [0, 0.1) is 0 Å². The van der Waals surface area contributed by atoms with Crippen molar-refractivity contribution >= 4 is 0 Å². The minimum absolute atomic E-state index is 0. The van der Waals surface area contributed by atoms with Crippen LogP contribution in [0.4, 0.5) is 114 Å². The zero-order valence-corrected chi connectivity index (χ0v) is 22.7. The van der Waals surface area contributed by atoms with Crippen molar-refractivity contribution < 1.29 is 153 Å². The molecule has 2 N–H and O–H groups in total. The number of aliphatic hydroxyl groups is 2. The summed E-state index contributed by atoms with van der Waals surface area (Å²) in [7, 11) is 1.00. The minimum Gasteiger partial charge on any atom is -0.400 e. The Kier molecular flexibility index (Phi) is 14.6. The van der Waals surface area contributed by atoms with Crippen LogP contribution in [-0.2, 0) is 29.0 Å². The Hall–Kier alpha value is -1.36. The molecule has 4 nitrogen and oxygen atoms in total. The third-order valence-electron chi connectivity index (χ3n) is 4.67. The molecule has 1 radical (unpaired) electrons. The molecule has 0 saturated heterocycles. The predicted octanol–water partition coefficient (Wildman–Crippen LogP) is 7.73. The summed E-state index contributed by atoms with van der Waals surface area (Å²) in [5.74, 6) is -79.7. The van der Waals surface area contributed by atoms with Gasteiger partial charge in [-0.3, -0.25) is 9.47 Å². The normalized spacial score (nSPS) is 17.0. The van der Waals surface area contributed by atoms with Crippen LogP contribution in [0.25, 0.3) is 0 Å². The Morgan fingerprint density at radius 2 is 0.553 bits per heavy atom. The van der Waals surface area contributed by atoms with Gasteiger partial charge in [0.1, 0.15) is 0 Å². The molecular formula is C16H10F26O4Rh. The molecule has 2 unspecified atom stereocenters. The van der Waals surface area contributed by atoms with E-state index in [1.165, 1.54) is 4.74 Å². The fourth-order valence-electron chi connectivity index (χ4n) is 2.13. The standard InChI is InChI=1S/C15H6F26O3.CH4O.Rh/c1-4(18,19)2(16)43-14(38,39)12(34,35)10(30,31)8(26,27)6(22,23)7(24,25)9(28,29)11(32,33)13(36,37)15(40,41)44-3(17)5(20,21)42;1-2;/h2-3,42H,1H3;2H,1H3;. The van der Waals surface area contributed by atoms with Gasteiger partial charge in [-0.25, -0.2) is 17.6 Å². The SMILES string of the molecule is CC(F)(F)C(F)OC(F)(F)C(F)(F)C(F)(F)C(F)(F)C(F)(F)C(F)(F)C(F)(F)C(F)(F)C(F)(F)C(F)(F)OC(F)C(O)(F)F.CO.[Rh]. The van der Waals surface area contributed by atoms with E-state index in [1.54, 1.807) is 4.74 Å². The number of ether oxygens (including phenoxy) is 2. The predicted molar refractivity (Wildman–Crippen MR) is 87.4 cm³/mol. The molecule has 0 aliphatic rings. The van der Waals surface area contributed by atoms with Crippen molar-refractivity contribution in [3.63, 3.8) is 0 Å². The molecule has 0 aromatic heterocycles. The molecule has 0 saturated carbocycles. The number of alkyl halides is 26. The Labute approximate surface area is 252 Å². The number of hydrogen-bond acceptors (Lipinski definition) is 4. The molecule has 0 aromatic rings. The summed E-state index contributed by atoms with van der Waals surface area (Å²) in [6, 6.07) is 0. The fraction of sp³-hybridized carbons (Fsp3) is 1.00. The van der Waals surface area contributed by atoms with Crippen molar-refractivity contribution in [1.82, 2.24) is 0 Å². The van der Waals surface area contributed by atoms with Crippen molar-refractivity contribution in [3.05, 3.63) is 0 Å². The number of rotatable bonds is 15. The molecule has 0 aliphatic heterocycles. The van der Waals surface area contributed by atoms with Crippen molar-refractivity contribution in [1.29, 1.82) is 0 Å². The molecule has 0 fully saturated rings. The summed E-state index contributed by atoms with van der Waals surface area (Å²) in [6.45, 7) is -0.900. The maximum Gasteiger partial charge on any atom is 0.428 e. The van der Waals surface area contributed by atoms with Crippen molar-refractivity contribution in [2.75, 3.05) is 7.11 Å². The van der Waals surface area contributed by atoms with Crippen molar-refractivity contribution in [3.8, 4) is 0 Å². The van der Waals surface area contributed by atoms with E-state index >= 15 is 0 Å². The van der Waals surface area contributed by atoms with Crippen LogP contribution in [0.5, 0.6) is 0 Å². The second kappa shape index (κ2) is 13.7. The molecule has 0 bridgehead atoms. The second-order valence-electron chi connectivity index (χ2n) is 8.04. The van der Waals surface area contributed by atoms with Crippen LogP contribution in [0.2, 0.25) is 0 Å². The van der Waals surface area contributed by atoms with Gasteiger partial charge in [0.05, 0.1) is 0 Å². The molecule has 0 aromatic carbocycles. The second-order valence-corrected chi connectivity index (χ2v) is 8.04. The van der Waals surface area contributed by atoms with E-state index in [1.807, 2.05) is 0 Å². The Balaban J connectivity index is -0.00000632. The van der Waals surface area contributed by atoms with Gasteiger partial charge in [-0.1, -0.05) is 0 Å². The van der Waals surface area contributed by atoms with Crippen molar-refractivity contribution in [2.24, 2.45) is 0 Å². The van der Waals surface area contributed by atoms with E-state index in [0.29, 0.717) is 0 Å². The summed E-state index contributed by atoms with van der Waals surface area (Å²) in [4.78, 5) is 0. The molecule has 2 atom stereocenters. The quantitative estimate of drug-likeness (QED) is 0.131. The average Bonchev–Trinajstić information content (AvgIpc) is 2.82. The van der Waals surface area contributed by atoms with Gasteiger partial charge in [0.2, 0.25) is 0 Å². The molecular weight excluding hydrogens is 853 g/mol. The third kappa shape index (κ3) is 7.86. The molecule has 47 heavy (non-hydrogen) atoms. The van der Waals surface area contributed by atoms with Crippen molar-refractivity contribution in [2.45, 2.75) is 91.3 Å². The van der Waals surface area contributed by atoms with Crippen LogP contribution < -0.4 is 0 Å². The Morgan fingerprint density at radius 3 is 0.723 bits per heavy atom. The maximum atomic E-state index is 13.7. The van der Waals surface area contributed by atoms with E-state index in [2.05, 4.69) is 0 Å². The van der Waals surface area contributed by atoms with Gasteiger partial charge in [-0.05, 0) is 0 Å². The van der Waals surface area contributed by atoms with E-state index < -0.39 is 91.3 Å². The summed E-state index contributed by atoms with van der Waals surface area (Å²) < 4.78 is 347. The van der Waals surface area contributed by atoms with Crippen LogP contribution in [0.3, 0.4) is 0 Å². The number of halogens is 26. The molecule has 0 heterocycles. The van der Waals surface area contributed by atoms with Crippen LogP contribution in [-0.4, -0.2) is 102 Å². The zero-order chi connectivity index (χ0) is 38.6. The molecule has 0 spiro atoms. The molecule has 0 aliphatic carbocycles. The molecule has 0 rings (SSSR count). The summed E-state index contributed by atoms with van der Waals surface area (Å²) in [5, 5.41) is 14.6. The van der Waals surface area contributed by atoms with Crippen LogP contribution >= 0.6 is 0 Å². The average molecular weight is 863 g/mol. The molecule has 289 valence electrons. The van der Waals surface area contributed by atoms with Gasteiger partial charge in [0.15, 0.2) is 0 Å². The van der Waals surface area contributed by atoms with E-state index in [9.17, 15) is 114 Å². The topological polar surface area (TPSA) is 58.9 Å². The fourth-order valence-corrected chi connectivity index (χ4v) is 2.13. The van der Waals surface area contributed by atoms with Gasteiger partial charge < -0.3 is 10.2 Å². The first-order valence-corrected chi connectivity index (χ1v) is 9.85. The Bertz CT molecular complexity index is 939. The van der Waals surface area contributed by atoms with Gasteiger partial charge in [0, 0.05) is 33.5 Å². The molecule has 31 heteroatoms. The summed E-state index contributed by atoms with van der Waals surface area (Å²) >= 11 is 0. The zero-order valence-electron chi connectivity index (χ0n) is 21.0. The smallest absolute Gasteiger partial charge is 0.400 e. The summed E-state index contributed by atoms with van der Waals surface area (Å²) in [6.07, 6.45) is -33.6. The van der Waals surface area contributed by atoms with Gasteiger partial charge in [-0.2, -0.15) is 96.6 Å². The molecule has 0 amide bonds. The first-order valence-electron chi connectivity index (χ1n) is 9.85.